The van der Waals surface area contributed by atoms with Gasteiger partial charge < -0.3 is 0 Å². The van der Waals surface area contributed by atoms with E-state index in [1.54, 1.807) is 19.9 Å². The minimum absolute atomic E-state index is 0.264. The Morgan fingerprint density at radius 3 is 1.83 bits per heavy atom. The van der Waals surface area contributed by atoms with Crippen LogP contribution in [0.2, 0.25) is 0 Å². The van der Waals surface area contributed by atoms with Crippen molar-refractivity contribution in [1.29, 1.82) is 0 Å². The van der Waals surface area contributed by atoms with Gasteiger partial charge >= 0.3 is 10.2 Å². The number of hydrogen-bond donors (Lipinski definition) is 0. The van der Waals surface area contributed by atoms with E-state index in [0.29, 0.717) is 0 Å². The van der Waals surface area contributed by atoms with Crippen LogP contribution in [0.25, 0.3) is 0 Å². The third kappa shape index (κ3) is 2.04. The molecule has 0 saturated carbocycles. The van der Waals surface area contributed by atoms with Gasteiger partial charge in [0.25, 0.3) is 0 Å². The first-order valence-electron chi connectivity index (χ1n) is 3.42. The molecular formula is C8H9FO2S. The maximum Gasteiger partial charge on any atom is 0.332 e. The van der Waals surface area contributed by atoms with Crippen molar-refractivity contribution in [2.24, 2.45) is 0 Å². The number of rotatable bonds is 1. The van der Waals surface area contributed by atoms with E-state index in [-0.39, 0.29) is 4.90 Å². The van der Waals surface area contributed by atoms with E-state index < -0.39 is 10.2 Å². The topological polar surface area (TPSA) is 34.1 Å². The van der Waals surface area contributed by atoms with E-state index >= 15 is 0 Å². The van der Waals surface area contributed by atoms with Crippen LogP contribution in [-0.2, 0) is 10.2 Å². The summed E-state index contributed by atoms with van der Waals surface area (Å²) >= 11 is 0. The van der Waals surface area contributed by atoms with Gasteiger partial charge in [0.05, 0.1) is 4.90 Å². The molecule has 0 atom stereocenters. The van der Waals surface area contributed by atoms with Crippen molar-refractivity contribution >= 4 is 10.2 Å². The maximum atomic E-state index is 12.5. The Labute approximate surface area is 71.2 Å². The average Bonchev–Trinajstić information content (AvgIpc) is 1.82. The second-order valence-electron chi connectivity index (χ2n) is 2.76. The summed E-state index contributed by atoms with van der Waals surface area (Å²) in [6, 6.07) is 4.40. The van der Waals surface area contributed by atoms with Crippen LogP contribution in [0.5, 0.6) is 0 Å². The normalized spacial score (nSPS) is 11.6. The van der Waals surface area contributed by atoms with Crippen LogP contribution in [0.15, 0.2) is 23.1 Å². The van der Waals surface area contributed by atoms with Crippen molar-refractivity contribution in [2.75, 3.05) is 0 Å². The van der Waals surface area contributed by atoms with E-state index in [1.165, 1.54) is 12.1 Å². The lowest BCUT2D eigenvalue weighted by molar-refractivity contribution is 0.552. The molecule has 4 heteroatoms. The fourth-order valence-electron chi connectivity index (χ4n) is 1.07. The van der Waals surface area contributed by atoms with Gasteiger partial charge in [0.15, 0.2) is 0 Å². The average molecular weight is 188 g/mol. The summed E-state index contributed by atoms with van der Waals surface area (Å²) in [6.07, 6.45) is 0. The molecule has 0 aromatic heterocycles. The molecule has 0 aliphatic rings. The maximum absolute atomic E-state index is 12.5. The summed E-state index contributed by atoms with van der Waals surface area (Å²) in [5, 5.41) is 0. The third-order valence-electron chi connectivity index (χ3n) is 1.48. The van der Waals surface area contributed by atoms with Gasteiger partial charge in [-0.3, -0.25) is 0 Å². The Hall–Kier alpha value is -0.900. The number of hydrogen-bond acceptors (Lipinski definition) is 2. The van der Waals surface area contributed by atoms with E-state index in [9.17, 15) is 12.3 Å². The van der Waals surface area contributed by atoms with Crippen LogP contribution in [0, 0.1) is 13.8 Å². The highest BCUT2D eigenvalue weighted by atomic mass is 32.3. The summed E-state index contributed by atoms with van der Waals surface area (Å²) < 4.78 is 33.4. The third-order valence-corrected chi connectivity index (χ3v) is 2.28. The van der Waals surface area contributed by atoms with Gasteiger partial charge in [-0.05, 0) is 37.1 Å². The largest absolute Gasteiger partial charge is 0.332 e. The Balaban J connectivity index is 3.37. The smallest absolute Gasteiger partial charge is 0.189 e. The Kier molecular flexibility index (Phi) is 2.19. The highest BCUT2D eigenvalue weighted by Crippen LogP contribution is 2.15. The lowest BCUT2D eigenvalue weighted by atomic mass is 10.2. The number of benzene rings is 1. The van der Waals surface area contributed by atoms with Crippen LogP contribution < -0.4 is 0 Å². The van der Waals surface area contributed by atoms with Gasteiger partial charge in [0.2, 0.25) is 0 Å². The molecule has 0 aliphatic heterocycles. The molecule has 0 radical (unpaired) electrons. The van der Waals surface area contributed by atoms with E-state index in [4.69, 9.17) is 0 Å². The standard InChI is InChI=1S/C8H9FO2S/c1-6-3-7(2)5-8(4-6)12(9,10)11/h3-5H,1-2H3. The summed E-state index contributed by atoms with van der Waals surface area (Å²) in [5.74, 6) is 0. The molecule has 66 valence electrons. The molecule has 1 rings (SSSR count). The molecule has 0 aliphatic carbocycles. The molecule has 0 saturated heterocycles. The summed E-state index contributed by atoms with van der Waals surface area (Å²) in [4.78, 5) is -0.264. The molecule has 0 N–H and O–H groups in total. The van der Waals surface area contributed by atoms with Gasteiger partial charge in [0.1, 0.15) is 0 Å². The van der Waals surface area contributed by atoms with Crippen LogP contribution in [0.1, 0.15) is 11.1 Å². The molecule has 0 heterocycles. The zero-order chi connectivity index (χ0) is 9.35. The summed E-state index contributed by atoms with van der Waals surface area (Å²) in [6.45, 7) is 3.45. The highest BCUT2D eigenvalue weighted by Gasteiger charge is 2.11. The van der Waals surface area contributed by atoms with E-state index in [1.807, 2.05) is 0 Å². The molecule has 0 unspecified atom stereocenters. The predicted octanol–water partition coefficient (Wildman–Crippen LogP) is 1.96. The molecule has 2 nitrogen and oxygen atoms in total. The zero-order valence-corrected chi connectivity index (χ0v) is 7.65. The molecular weight excluding hydrogens is 179 g/mol. The minimum Gasteiger partial charge on any atom is -0.189 e. The Morgan fingerprint density at radius 2 is 1.50 bits per heavy atom. The molecule has 1 aromatic carbocycles. The van der Waals surface area contributed by atoms with Crippen LogP contribution in [-0.4, -0.2) is 8.42 Å². The van der Waals surface area contributed by atoms with Crippen molar-refractivity contribution in [1.82, 2.24) is 0 Å². The second kappa shape index (κ2) is 2.86. The lowest BCUT2D eigenvalue weighted by Gasteiger charge is -1.99. The zero-order valence-electron chi connectivity index (χ0n) is 6.83. The first-order chi connectivity index (χ1) is 5.39. The van der Waals surface area contributed by atoms with Crippen molar-refractivity contribution in [3.8, 4) is 0 Å². The fourth-order valence-corrected chi connectivity index (χ4v) is 1.73. The van der Waals surface area contributed by atoms with Gasteiger partial charge in [0, 0.05) is 0 Å². The predicted molar refractivity (Wildman–Crippen MR) is 44.2 cm³/mol. The molecule has 0 fully saturated rings. The van der Waals surface area contributed by atoms with Crippen molar-refractivity contribution in [3.63, 3.8) is 0 Å². The van der Waals surface area contributed by atoms with Crippen molar-refractivity contribution in [2.45, 2.75) is 18.7 Å². The van der Waals surface area contributed by atoms with Gasteiger partial charge in [-0.2, -0.15) is 8.42 Å². The molecule has 0 bridgehead atoms. The number of aryl methyl sites for hydroxylation is 2. The second-order valence-corrected chi connectivity index (χ2v) is 4.11. The van der Waals surface area contributed by atoms with E-state index in [2.05, 4.69) is 0 Å². The number of halogens is 1. The van der Waals surface area contributed by atoms with Crippen molar-refractivity contribution in [3.05, 3.63) is 29.3 Å². The molecule has 1 aromatic rings. The lowest BCUT2D eigenvalue weighted by Crippen LogP contribution is -1.93. The van der Waals surface area contributed by atoms with E-state index in [0.717, 1.165) is 11.1 Å². The molecule has 0 amide bonds. The molecule has 0 spiro atoms. The minimum atomic E-state index is -4.55. The fraction of sp³-hybridized carbons (Fsp3) is 0.250. The van der Waals surface area contributed by atoms with Crippen LogP contribution in [0.4, 0.5) is 3.89 Å². The monoisotopic (exact) mass is 188 g/mol. The first kappa shape index (κ1) is 9.19. The van der Waals surface area contributed by atoms with Crippen LogP contribution >= 0.6 is 0 Å². The summed E-state index contributed by atoms with van der Waals surface area (Å²) in [5.41, 5.74) is 1.48. The van der Waals surface area contributed by atoms with Crippen LogP contribution in [0.3, 0.4) is 0 Å². The quantitative estimate of drug-likeness (QED) is 0.631. The van der Waals surface area contributed by atoms with Crippen molar-refractivity contribution < 1.29 is 12.3 Å². The Bertz CT molecular complexity index is 375. The van der Waals surface area contributed by atoms with Gasteiger partial charge in [-0.15, -0.1) is 3.89 Å². The SMILES string of the molecule is Cc1cc(C)cc(S(=O)(=O)F)c1. The van der Waals surface area contributed by atoms with Gasteiger partial charge in [-0.25, -0.2) is 0 Å². The summed E-state index contributed by atoms with van der Waals surface area (Å²) in [7, 11) is -4.55. The van der Waals surface area contributed by atoms with Gasteiger partial charge in [-0.1, -0.05) is 6.07 Å². The highest BCUT2D eigenvalue weighted by molar-refractivity contribution is 7.86. The molecule has 12 heavy (non-hydrogen) atoms. The first-order valence-corrected chi connectivity index (χ1v) is 4.81. The Morgan fingerprint density at radius 1 is 1.08 bits per heavy atom.